The van der Waals surface area contributed by atoms with Crippen LogP contribution in [0, 0.1) is 12.7 Å². The van der Waals surface area contributed by atoms with Gasteiger partial charge in [-0.1, -0.05) is 17.3 Å². The Labute approximate surface area is 184 Å². The van der Waals surface area contributed by atoms with Gasteiger partial charge in [-0.25, -0.2) is 9.07 Å². The molecular formula is C24H23FN4O3. The number of amides is 1. The number of benzene rings is 2. The van der Waals surface area contributed by atoms with E-state index in [4.69, 9.17) is 9.26 Å². The second kappa shape index (κ2) is 9.47. The fraction of sp³-hybridized carbons (Fsp3) is 0.208. The third-order valence-electron chi connectivity index (χ3n) is 4.95. The van der Waals surface area contributed by atoms with Crippen molar-refractivity contribution in [3.8, 4) is 22.7 Å². The van der Waals surface area contributed by atoms with Gasteiger partial charge in [0.15, 0.2) is 0 Å². The summed E-state index contributed by atoms with van der Waals surface area (Å²) in [5.74, 6) is 0.988. The summed E-state index contributed by atoms with van der Waals surface area (Å²) >= 11 is 0. The molecule has 0 unspecified atom stereocenters. The van der Waals surface area contributed by atoms with Crippen LogP contribution in [0.5, 0.6) is 5.75 Å². The highest BCUT2D eigenvalue weighted by molar-refractivity contribution is 5.76. The zero-order valence-electron chi connectivity index (χ0n) is 17.8. The molecule has 0 spiro atoms. The van der Waals surface area contributed by atoms with Gasteiger partial charge < -0.3 is 14.6 Å². The van der Waals surface area contributed by atoms with Crippen LogP contribution < -0.4 is 10.1 Å². The van der Waals surface area contributed by atoms with Gasteiger partial charge >= 0.3 is 0 Å². The number of carbonyl (C=O) groups is 1. The number of nitrogens with one attached hydrogen (secondary N) is 1. The summed E-state index contributed by atoms with van der Waals surface area (Å²) in [5, 5.41) is 11.4. The summed E-state index contributed by atoms with van der Waals surface area (Å²) in [6.45, 7) is 2.11. The Kier molecular flexibility index (Phi) is 6.30. The van der Waals surface area contributed by atoms with E-state index in [1.807, 2.05) is 36.4 Å². The minimum absolute atomic E-state index is 0.114. The molecule has 1 N–H and O–H groups in total. The first-order valence-corrected chi connectivity index (χ1v) is 10.2. The fourth-order valence-corrected chi connectivity index (χ4v) is 3.35. The number of ether oxygens (including phenoxy) is 1. The van der Waals surface area contributed by atoms with Crippen molar-refractivity contribution < 1.29 is 18.4 Å². The van der Waals surface area contributed by atoms with E-state index < -0.39 is 0 Å². The maximum absolute atomic E-state index is 13.9. The summed E-state index contributed by atoms with van der Waals surface area (Å²) in [4.78, 5) is 12.3. The maximum Gasteiger partial charge on any atom is 0.220 e. The molecule has 8 heteroatoms. The SMILES string of the molecule is COc1ccc(-n2nc(CCC(=O)NCc3cc(C)on3)cc2-c2cccc(F)c2)cc1. The van der Waals surface area contributed by atoms with E-state index in [0.717, 1.165) is 22.8 Å². The molecule has 7 nitrogen and oxygen atoms in total. The lowest BCUT2D eigenvalue weighted by Gasteiger charge is -2.08. The third-order valence-corrected chi connectivity index (χ3v) is 4.95. The van der Waals surface area contributed by atoms with Crippen LogP contribution in [0.25, 0.3) is 16.9 Å². The van der Waals surface area contributed by atoms with Crippen molar-refractivity contribution in [2.45, 2.75) is 26.3 Å². The average molecular weight is 434 g/mol. The average Bonchev–Trinajstić information content (AvgIpc) is 3.42. The van der Waals surface area contributed by atoms with Gasteiger partial charge in [-0.15, -0.1) is 0 Å². The molecule has 0 fully saturated rings. The summed E-state index contributed by atoms with van der Waals surface area (Å²) in [7, 11) is 1.61. The van der Waals surface area contributed by atoms with Crippen LogP contribution in [-0.4, -0.2) is 28.0 Å². The Morgan fingerprint density at radius 2 is 1.94 bits per heavy atom. The van der Waals surface area contributed by atoms with Crippen LogP contribution in [0.2, 0.25) is 0 Å². The van der Waals surface area contributed by atoms with Crippen LogP contribution in [0.4, 0.5) is 4.39 Å². The highest BCUT2D eigenvalue weighted by Crippen LogP contribution is 2.26. The number of aryl methyl sites for hydroxylation is 2. The van der Waals surface area contributed by atoms with Crippen molar-refractivity contribution in [2.24, 2.45) is 0 Å². The minimum atomic E-state index is -0.325. The molecule has 2 aromatic carbocycles. The molecule has 0 radical (unpaired) electrons. The molecule has 4 rings (SSSR count). The molecule has 0 atom stereocenters. The van der Waals surface area contributed by atoms with Crippen molar-refractivity contribution in [2.75, 3.05) is 7.11 Å². The predicted octanol–water partition coefficient (Wildman–Crippen LogP) is 4.23. The normalized spacial score (nSPS) is 10.8. The third kappa shape index (κ3) is 5.03. The highest BCUT2D eigenvalue weighted by atomic mass is 19.1. The van der Waals surface area contributed by atoms with E-state index >= 15 is 0 Å². The zero-order valence-corrected chi connectivity index (χ0v) is 17.8. The molecule has 32 heavy (non-hydrogen) atoms. The molecule has 0 aliphatic rings. The number of nitrogens with zero attached hydrogens (tertiary/aromatic N) is 3. The molecule has 164 valence electrons. The Balaban J connectivity index is 1.52. The van der Waals surface area contributed by atoms with Gasteiger partial charge in [0.05, 0.1) is 30.7 Å². The summed E-state index contributed by atoms with van der Waals surface area (Å²) in [6, 6.07) is 17.5. The Morgan fingerprint density at radius 1 is 1.12 bits per heavy atom. The smallest absolute Gasteiger partial charge is 0.220 e. The predicted molar refractivity (Wildman–Crippen MR) is 117 cm³/mol. The Morgan fingerprint density at radius 3 is 2.62 bits per heavy atom. The van der Waals surface area contributed by atoms with Crippen molar-refractivity contribution in [1.29, 1.82) is 0 Å². The number of hydrogen-bond donors (Lipinski definition) is 1. The number of halogens is 1. The zero-order chi connectivity index (χ0) is 22.5. The van der Waals surface area contributed by atoms with E-state index in [0.29, 0.717) is 30.0 Å². The Bertz CT molecular complexity index is 1210. The Hall–Kier alpha value is -3.94. The number of aromatic nitrogens is 3. The molecule has 2 heterocycles. The van der Waals surface area contributed by atoms with Gasteiger partial charge in [0.2, 0.25) is 5.91 Å². The van der Waals surface area contributed by atoms with E-state index in [1.165, 1.54) is 12.1 Å². The molecule has 2 aromatic heterocycles. The quantitative estimate of drug-likeness (QED) is 0.449. The van der Waals surface area contributed by atoms with Gasteiger partial charge in [-0.2, -0.15) is 5.10 Å². The molecular weight excluding hydrogens is 411 g/mol. The van der Waals surface area contributed by atoms with Crippen LogP contribution in [0.3, 0.4) is 0 Å². The number of carbonyl (C=O) groups excluding carboxylic acids is 1. The summed E-state index contributed by atoms with van der Waals surface area (Å²) in [6.07, 6.45) is 0.703. The topological polar surface area (TPSA) is 82.2 Å². The van der Waals surface area contributed by atoms with Gasteiger partial charge in [0.1, 0.15) is 23.0 Å². The van der Waals surface area contributed by atoms with Crippen molar-refractivity contribution in [1.82, 2.24) is 20.3 Å². The first kappa shape index (κ1) is 21.3. The fourth-order valence-electron chi connectivity index (χ4n) is 3.35. The van der Waals surface area contributed by atoms with Gasteiger partial charge in [-0.05, 0) is 49.4 Å². The summed E-state index contributed by atoms with van der Waals surface area (Å²) < 4.78 is 25.8. The van der Waals surface area contributed by atoms with E-state index in [1.54, 1.807) is 30.8 Å². The molecule has 0 aliphatic heterocycles. The second-order valence-corrected chi connectivity index (χ2v) is 7.35. The lowest BCUT2D eigenvalue weighted by atomic mass is 10.1. The lowest BCUT2D eigenvalue weighted by molar-refractivity contribution is -0.121. The monoisotopic (exact) mass is 434 g/mol. The second-order valence-electron chi connectivity index (χ2n) is 7.35. The molecule has 0 bridgehead atoms. The van der Waals surface area contributed by atoms with Crippen LogP contribution in [-0.2, 0) is 17.8 Å². The number of hydrogen-bond acceptors (Lipinski definition) is 5. The van der Waals surface area contributed by atoms with E-state index in [-0.39, 0.29) is 18.1 Å². The molecule has 0 aliphatic carbocycles. The van der Waals surface area contributed by atoms with Crippen molar-refractivity contribution >= 4 is 5.91 Å². The lowest BCUT2D eigenvalue weighted by Crippen LogP contribution is -2.23. The first-order valence-electron chi connectivity index (χ1n) is 10.2. The molecule has 0 saturated carbocycles. The van der Waals surface area contributed by atoms with E-state index in [2.05, 4.69) is 15.6 Å². The minimum Gasteiger partial charge on any atom is -0.497 e. The summed E-state index contributed by atoms with van der Waals surface area (Å²) in [5.41, 5.74) is 3.65. The van der Waals surface area contributed by atoms with Crippen molar-refractivity contribution in [3.05, 3.63) is 83.6 Å². The highest BCUT2D eigenvalue weighted by Gasteiger charge is 2.14. The van der Waals surface area contributed by atoms with Crippen LogP contribution in [0.15, 0.2) is 65.2 Å². The van der Waals surface area contributed by atoms with Gasteiger partial charge in [0, 0.05) is 24.5 Å². The molecule has 0 saturated heterocycles. The number of methoxy groups -OCH3 is 1. The van der Waals surface area contributed by atoms with Gasteiger partial charge in [0.25, 0.3) is 0 Å². The van der Waals surface area contributed by atoms with Crippen molar-refractivity contribution in [3.63, 3.8) is 0 Å². The number of rotatable bonds is 8. The molecule has 4 aromatic rings. The first-order chi connectivity index (χ1) is 15.5. The largest absolute Gasteiger partial charge is 0.497 e. The van der Waals surface area contributed by atoms with Crippen LogP contribution >= 0.6 is 0 Å². The van der Waals surface area contributed by atoms with Crippen LogP contribution in [0.1, 0.15) is 23.6 Å². The van der Waals surface area contributed by atoms with Gasteiger partial charge in [-0.3, -0.25) is 4.79 Å². The van der Waals surface area contributed by atoms with E-state index in [9.17, 15) is 9.18 Å². The molecule has 1 amide bonds. The standard InChI is InChI=1S/C24H23FN4O3/c1-16-12-20(28-32-16)15-26-24(30)11-6-19-14-23(17-4-3-5-18(25)13-17)29(27-19)21-7-9-22(31-2)10-8-21/h3-5,7-10,12-14H,6,11,15H2,1-2H3,(H,26,30). The maximum atomic E-state index is 13.9.